The summed E-state index contributed by atoms with van der Waals surface area (Å²) in [5, 5.41) is 11.8. The van der Waals surface area contributed by atoms with E-state index in [-0.39, 0.29) is 38.6 Å². The Bertz CT molecular complexity index is 1640. The third-order valence-electron chi connectivity index (χ3n) is 12.2. The summed E-state index contributed by atoms with van der Waals surface area (Å²) in [6, 6.07) is 0. The fourth-order valence-electron chi connectivity index (χ4n) is 7.68. The zero-order chi connectivity index (χ0) is 54.8. The highest BCUT2D eigenvalue weighted by Crippen LogP contribution is 2.15. The van der Waals surface area contributed by atoms with Crippen molar-refractivity contribution in [1.29, 1.82) is 0 Å². The maximum Gasteiger partial charge on any atom is 0.306 e. The zero-order valence-corrected chi connectivity index (χ0v) is 48.4. The van der Waals surface area contributed by atoms with Crippen molar-refractivity contribution in [2.45, 2.75) is 232 Å². The Hall–Kier alpha value is -4.31. The highest BCUT2D eigenvalue weighted by molar-refractivity contribution is 5.70. The first-order valence-corrected chi connectivity index (χ1v) is 29.7. The van der Waals surface area contributed by atoms with Crippen molar-refractivity contribution < 1.29 is 42.9 Å². The van der Waals surface area contributed by atoms with E-state index in [2.05, 4.69) is 135 Å². The number of unbranched alkanes of at least 4 members (excludes halogenated alkanes) is 18. The SMILES string of the molecule is CC/C=C\C/C=C\C/C=C\C/C=C\C/C=C\C/C=C\C/C=C\C/C=C\C/C=C\C/C=C\CCCCCCCCC(=O)OC(COC(=O)CCCCCCCCCCCCCCC)COC(OCC[N+](C)(C)C)C(=O)[O-]. The molecular weight excluding hydrogens is 935 g/mol. The summed E-state index contributed by atoms with van der Waals surface area (Å²) in [5.41, 5.74) is 0. The normalized spacial score (nSPS) is 13.7. The number of likely N-dealkylation sites (N-methyl/N-ethyl adjacent to an activating group) is 1. The molecule has 0 aromatic carbocycles. The van der Waals surface area contributed by atoms with E-state index >= 15 is 0 Å². The van der Waals surface area contributed by atoms with Gasteiger partial charge in [0, 0.05) is 12.8 Å². The molecule has 9 nitrogen and oxygen atoms in total. The van der Waals surface area contributed by atoms with Crippen LogP contribution in [0, 0.1) is 0 Å². The number of nitrogens with zero attached hydrogens (tertiary/aromatic N) is 1. The van der Waals surface area contributed by atoms with Crippen LogP contribution in [0.15, 0.2) is 122 Å². The monoisotopic (exact) mass is 1040 g/mol. The fraction of sp³-hybridized carbons (Fsp3) is 0.652. The van der Waals surface area contributed by atoms with E-state index in [1.54, 1.807) is 0 Å². The summed E-state index contributed by atoms with van der Waals surface area (Å²) in [4.78, 5) is 37.2. The number of allylic oxidation sites excluding steroid dienone is 20. The Morgan fingerprint density at radius 2 is 0.760 bits per heavy atom. The number of hydrogen-bond donors (Lipinski definition) is 0. The molecule has 0 spiro atoms. The number of esters is 2. The molecule has 0 heterocycles. The smallest absolute Gasteiger partial charge is 0.306 e. The number of carbonyl (C=O) groups excluding carboxylic acids is 3. The number of carboxylic acid groups (broad SMARTS) is 1. The molecule has 2 atom stereocenters. The van der Waals surface area contributed by atoms with E-state index in [1.165, 1.54) is 64.2 Å². The minimum Gasteiger partial charge on any atom is -0.545 e. The molecule has 0 aliphatic carbocycles. The van der Waals surface area contributed by atoms with Gasteiger partial charge in [-0.3, -0.25) is 9.59 Å². The number of carboxylic acids is 1. The van der Waals surface area contributed by atoms with Gasteiger partial charge in [0.15, 0.2) is 12.4 Å². The summed E-state index contributed by atoms with van der Waals surface area (Å²) < 4.78 is 22.6. The van der Waals surface area contributed by atoms with Crippen LogP contribution >= 0.6 is 0 Å². The Balaban J connectivity index is 4.22. The number of ether oxygens (including phenoxy) is 4. The van der Waals surface area contributed by atoms with Crippen molar-refractivity contribution in [2.24, 2.45) is 0 Å². The quantitative estimate of drug-likeness (QED) is 0.0195. The van der Waals surface area contributed by atoms with Gasteiger partial charge in [-0.1, -0.05) is 238 Å². The van der Waals surface area contributed by atoms with Gasteiger partial charge in [-0.15, -0.1) is 0 Å². The molecule has 0 N–H and O–H groups in total. The largest absolute Gasteiger partial charge is 0.545 e. The topological polar surface area (TPSA) is 111 Å². The molecule has 0 saturated carbocycles. The Labute approximate surface area is 459 Å². The maximum atomic E-state index is 12.8. The van der Waals surface area contributed by atoms with Gasteiger partial charge >= 0.3 is 11.9 Å². The molecule has 0 saturated heterocycles. The summed E-state index contributed by atoms with van der Waals surface area (Å²) in [6.45, 7) is 4.60. The second-order valence-electron chi connectivity index (χ2n) is 20.6. The molecule has 426 valence electrons. The van der Waals surface area contributed by atoms with Crippen molar-refractivity contribution >= 4 is 17.9 Å². The Morgan fingerprint density at radius 1 is 0.413 bits per heavy atom. The van der Waals surface area contributed by atoms with E-state index in [0.29, 0.717) is 17.4 Å². The van der Waals surface area contributed by atoms with E-state index < -0.39 is 24.3 Å². The van der Waals surface area contributed by atoms with Crippen molar-refractivity contribution in [2.75, 3.05) is 47.5 Å². The molecule has 9 heteroatoms. The average Bonchev–Trinajstić information content (AvgIpc) is 3.38. The lowest BCUT2D eigenvalue weighted by atomic mass is 10.0. The van der Waals surface area contributed by atoms with Gasteiger partial charge in [-0.05, 0) is 89.9 Å². The third-order valence-corrected chi connectivity index (χ3v) is 12.2. The summed E-state index contributed by atoms with van der Waals surface area (Å²) in [7, 11) is 5.91. The maximum absolute atomic E-state index is 12.8. The zero-order valence-electron chi connectivity index (χ0n) is 48.4. The molecule has 0 fully saturated rings. The molecule has 0 bridgehead atoms. The molecule has 0 aliphatic rings. The van der Waals surface area contributed by atoms with Crippen LogP contribution in [0.25, 0.3) is 0 Å². The number of hydrogen-bond acceptors (Lipinski definition) is 8. The molecule has 0 radical (unpaired) electrons. The highest BCUT2D eigenvalue weighted by atomic mass is 16.7. The first kappa shape index (κ1) is 70.7. The standard InChI is InChI=1S/C66H109NO8/c1-6-8-10-12-14-16-18-20-21-22-23-24-25-26-27-28-29-30-31-32-33-34-35-36-37-38-39-40-41-42-43-45-47-49-51-53-55-57-64(69)75-62(61-74-66(65(70)71)72-59-58-67(3,4)5)60-73-63(68)56-54-52-50-48-46-44-19-17-15-13-11-9-7-2/h8,10,14,16,20-21,23-24,26-27,29-30,32-33,35-36,38-39,41-42,62,66H,6-7,9,11-13,15,17-19,22,25,28,31,34,37,40,43-61H2,1-5H3/b10-8-,16-14-,21-20-,24-23-,27-26-,30-29-,33-32-,36-35-,39-38-,42-41-. The van der Waals surface area contributed by atoms with Crippen LogP contribution in [0.1, 0.15) is 219 Å². The van der Waals surface area contributed by atoms with Crippen molar-refractivity contribution in [3.05, 3.63) is 122 Å². The molecule has 0 rings (SSSR count). The minimum absolute atomic E-state index is 0.140. The summed E-state index contributed by atoms with van der Waals surface area (Å²) in [6.07, 6.45) is 75.4. The Kier molecular flexibility index (Phi) is 52.7. The van der Waals surface area contributed by atoms with Gasteiger partial charge < -0.3 is 33.3 Å². The molecule has 0 aliphatic heterocycles. The summed E-state index contributed by atoms with van der Waals surface area (Å²) in [5.74, 6) is -2.31. The molecule has 0 aromatic heterocycles. The first-order chi connectivity index (χ1) is 36.6. The van der Waals surface area contributed by atoms with Crippen LogP contribution in [0.3, 0.4) is 0 Å². The number of aliphatic carboxylic acids is 1. The van der Waals surface area contributed by atoms with Gasteiger partial charge in [0.05, 0.1) is 40.3 Å². The van der Waals surface area contributed by atoms with Gasteiger partial charge in [0.25, 0.3) is 0 Å². The van der Waals surface area contributed by atoms with Gasteiger partial charge in [0.1, 0.15) is 13.2 Å². The van der Waals surface area contributed by atoms with Gasteiger partial charge in [-0.25, -0.2) is 0 Å². The number of rotatable bonds is 53. The van der Waals surface area contributed by atoms with E-state index in [1.807, 2.05) is 21.1 Å². The molecule has 2 unspecified atom stereocenters. The number of quaternary nitrogens is 1. The van der Waals surface area contributed by atoms with Crippen LogP contribution in [0.5, 0.6) is 0 Å². The average molecular weight is 1040 g/mol. The van der Waals surface area contributed by atoms with Crippen LogP contribution in [0.2, 0.25) is 0 Å². The molecule has 0 aromatic rings. The van der Waals surface area contributed by atoms with Crippen molar-refractivity contribution in [3.8, 4) is 0 Å². The molecule has 75 heavy (non-hydrogen) atoms. The van der Waals surface area contributed by atoms with Crippen LogP contribution < -0.4 is 5.11 Å². The first-order valence-electron chi connectivity index (χ1n) is 29.7. The van der Waals surface area contributed by atoms with Crippen LogP contribution in [-0.4, -0.2) is 82.3 Å². The van der Waals surface area contributed by atoms with E-state index in [4.69, 9.17) is 18.9 Å². The predicted molar refractivity (Wildman–Crippen MR) is 315 cm³/mol. The van der Waals surface area contributed by atoms with Gasteiger partial charge in [-0.2, -0.15) is 0 Å². The molecular formula is C66H109NO8. The number of carbonyl (C=O) groups is 3. The third kappa shape index (κ3) is 57.2. The second kappa shape index (κ2) is 55.9. The molecule has 0 amide bonds. The predicted octanol–water partition coefficient (Wildman–Crippen LogP) is 16.3. The van der Waals surface area contributed by atoms with Crippen LogP contribution in [-0.2, 0) is 33.3 Å². The van der Waals surface area contributed by atoms with E-state index in [0.717, 1.165) is 122 Å². The van der Waals surface area contributed by atoms with E-state index in [9.17, 15) is 19.5 Å². The van der Waals surface area contributed by atoms with Crippen LogP contribution in [0.4, 0.5) is 0 Å². The lowest BCUT2D eigenvalue weighted by Crippen LogP contribution is -2.44. The summed E-state index contributed by atoms with van der Waals surface area (Å²) >= 11 is 0. The van der Waals surface area contributed by atoms with Crippen molar-refractivity contribution in [3.63, 3.8) is 0 Å². The van der Waals surface area contributed by atoms with Gasteiger partial charge in [0.2, 0.25) is 0 Å². The lowest BCUT2D eigenvalue weighted by molar-refractivity contribution is -0.870. The highest BCUT2D eigenvalue weighted by Gasteiger charge is 2.22. The fourth-order valence-corrected chi connectivity index (χ4v) is 7.68. The Morgan fingerprint density at radius 3 is 1.13 bits per heavy atom. The minimum atomic E-state index is -1.63. The van der Waals surface area contributed by atoms with Crippen molar-refractivity contribution in [1.82, 2.24) is 0 Å². The second-order valence-corrected chi connectivity index (χ2v) is 20.6. The lowest BCUT2D eigenvalue weighted by Gasteiger charge is -2.26.